The third-order valence-corrected chi connectivity index (χ3v) is 15.8. The highest BCUT2D eigenvalue weighted by Gasteiger charge is 2.50. The Balaban J connectivity index is 0.907. The normalized spacial score (nSPS) is 21.7. The Morgan fingerprint density at radius 1 is 0.479 bits per heavy atom. The quantitative estimate of drug-likeness (QED) is 0.141. The van der Waals surface area contributed by atoms with Crippen LogP contribution in [0.25, 0.3) is 27.8 Å². The molecular weight excluding hydrogens is 895 g/mol. The maximum absolute atomic E-state index is 6.83. The lowest BCUT2D eigenvalue weighted by Gasteiger charge is -2.27. The van der Waals surface area contributed by atoms with E-state index >= 15 is 0 Å². The van der Waals surface area contributed by atoms with Crippen LogP contribution in [-0.4, -0.2) is 18.7 Å². The molecule has 0 aliphatic carbocycles. The predicted molar refractivity (Wildman–Crippen MR) is 291 cm³/mol. The van der Waals surface area contributed by atoms with Gasteiger partial charge in [0.2, 0.25) is 0 Å². The van der Waals surface area contributed by atoms with Crippen LogP contribution in [0, 0.1) is 12.1 Å². The maximum Gasteiger partial charge on any atom is 0.188 e. The third-order valence-electron chi connectivity index (χ3n) is 15.8. The topological polar surface area (TPSA) is 37.4 Å². The second-order valence-electron chi connectivity index (χ2n) is 19.7. The number of fused-ring (bicyclic) bond motifs is 13. The number of hydrogen-bond acceptors (Lipinski definition) is 6. The zero-order valence-corrected chi connectivity index (χ0v) is 39.8. The van der Waals surface area contributed by atoms with Crippen LogP contribution in [0.3, 0.4) is 0 Å². The van der Waals surface area contributed by atoms with E-state index in [9.17, 15) is 0 Å². The average Bonchev–Trinajstić information content (AvgIpc) is 4.32. The van der Waals surface area contributed by atoms with Crippen LogP contribution in [0.5, 0.6) is 17.2 Å². The molecule has 6 unspecified atom stereocenters. The molecule has 6 nitrogen and oxygen atoms in total. The summed E-state index contributed by atoms with van der Waals surface area (Å²) in [5.41, 5.74) is 19.5. The molecule has 6 heteroatoms. The minimum absolute atomic E-state index is 0.0320. The fraction of sp³-hybridized carbons (Fsp3) is 0.104. The van der Waals surface area contributed by atoms with Crippen LogP contribution < -0.4 is 28.9 Å². The summed E-state index contributed by atoms with van der Waals surface area (Å²) in [6, 6.07) is 80.4. The lowest BCUT2D eigenvalue weighted by atomic mass is 9.89. The Labute approximate surface area is 425 Å². The lowest BCUT2D eigenvalue weighted by Crippen LogP contribution is -2.33. The van der Waals surface area contributed by atoms with E-state index in [1.54, 1.807) is 0 Å². The summed E-state index contributed by atoms with van der Waals surface area (Å²) in [6.45, 7) is 4.28. The van der Waals surface area contributed by atoms with Gasteiger partial charge >= 0.3 is 0 Å². The largest absolute Gasteiger partial charge is 0.469 e. The number of para-hydroxylation sites is 5. The van der Waals surface area contributed by atoms with E-state index < -0.39 is 0 Å². The van der Waals surface area contributed by atoms with Gasteiger partial charge in [0.05, 0.1) is 11.8 Å². The van der Waals surface area contributed by atoms with Crippen molar-refractivity contribution in [2.24, 2.45) is 0 Å². The van der Waals surface area contributed by atoms with Crippen molar-refractivity contribution >= 4 is 34.0 Å². The van der Waals surface area contributed by atoms with Gasteiger partial charge in [-0.05, 0) is 148 Å². The Bertz CT molecular complexity index is 3570. The molecule has 0 amide bonds. The molecule has 6 aliphatic rings. The Morgan fingerprint density at radius 3 is 1.64 bits per heavy atom. The van der Waals surface area contributed by atoms with Crippen molar-refractivity contribution in [3.8, 4) is 39.5 Å². The van der Waals surface area contributed by atoms with Crippen molar-refractivity contribution in [2.45, 2.75) is 42.9 Å². The molecule has 1 fully saturated rings. The first-order valence-electron chi connectivity index (χ1n) is 25.3. The van der Waals surface area contributed by atoms with E-state index in [1.165, 1.54) is 28.0 Å². The van der Waals surface area contributed by atoms with E-state index in [4.69, 9.17) is 14.2 Å². The summed E-state index contributed by atoms with van der Waals surface area (Å²) in [6.07, 6.45) is 6.67. The van der Waals surface area contributed by atoms with Crippen molar-refractivity contribution in [1.82, 2.24) is 0 Å². The maximum atomic E-state index is 6.83. The average molecular weight is 942 g/mol. The number of anilines is 5. The van der Waals surface area contributed by atoms with Crippen molar-refractivity contribution in [1.29, 1.82) is 0 Å². The van der Waals surface area contributed by atoms with Gasteiger partial charge in [-0.1, -0.05) is 140 Å². The highest BCUT2D eigenvalue weighted by atomic mass is 16.5. The number of allylic oxidation sites excluding steroid dienone is 5. The highest BCUT2D eigenvalue weighted by Crippen LogP contribution is 2.57. The zero-order chi connectivity index (χ0) is 48.1. The summed E-state index contributed by atoms with van der Waals surface area (Å²) in [7, 11) is 0. The van der Waals surface area contributed by atoms with Crippen molar-refractivity contribution in [2.75, 3.05) is 14.7 Å². The minimum atomic E-state index is -0.242. The highest BCUT2D eigenvalue weighted by molar-refractivity contribution is 5.89. The molecule has 9 aromatic carbocycles. The second-order valence-corrected chi connectivity index (χ2v) is 19.7. The standard InChI is InChI=1S/C67H47N3O3/c1-2-18-42(38-51-41-57-52-25-12-15-28-60(52)71-65(57)68(51)48-19-6-3-7-20-48)45-35-46(43-31-33-53-58(39-43)69(49-21-8-4-9-22-49)66-63(53)55-26-13-16-29-61(55)72-66)37-47(36-45)44-32-34-54-59(40-44)70(50-23-10-5-11-24-50)67-64(54)56-27-14-17-30-62(56)73-67/h2-16,18-29,31-40,57,63-67H,1,41H2/b42-18+,51-38+. The Kier molecular flexibility index (Phi) is 9.37. The number of benzene rings is 8. The van der Waals surface area contributed by atoms with E-state index in [1.807, 2.05) is 12.1 Å². The van der Waals surface area contributed by atoms with Gasteiger partial charge in [0.15, 0.2) is 24.4 Å². The Hall–Kier alpha value is -9.18. The summed E-state index contributed by atoms with van der Waals surface area (Å²) in [5, 5.41) is 0. The molecule has 0 radical (unpaired) electrons. The number of ether oxygens (including phenoxy) is 3. The van der Waals surface area contributed by atoms with Crippen LogP contribution in [0.4, 0.5) is 28.4 Å². The molecule has 6 atom stereocenters. The first-order valence-corrected chi connectivity index (χ1v) is 25.3. The monoisotopic (exact) mass is 941 g/mol. The molecule has 6 heterocycles. The van der Waals surface area contributed by atoms with Gasteiger partial charge in [-0.15, -0.1) is 0 Å². The molecule has 348 valence electrons. The number of hydrogen-bond donors (Lipinski definition) is 0. The summed E-state index contributed by atoms with van der Waals surface area (Å²) in [5.74, 6) is 2.99. The van der Waals surface area contributed by atoms with Gasteiger partial charge in [-0.25, -0.2) is 0 Å². The van der Waals surface area contributed by atoms with Gasteiger partial charge < -0.3 is 28.9 Å². The van der Waals surface area contributed by atoms with Crippen LogP contribution in [-0.2, 0) is 0 Å². The molecule has 9 aromatic rings. The summed E-state index contributed by atoms with van der Waals surface area (Å²) >= 11 is 0. The molecule has 15 rings (SSSR count). The fourth-order valence-corrected chi connectivity index (χ4v) is 12.6. The molecule has 1 saturated heterocycles. The third kappa shape index (κ3) is 6.52. The molecule has 0 bridgehead atoms. The minimum Gasteiger partial charge on any atom is -0.469 e. The zero-order valence-electron chi connectivity index (χ0n) is 39.8. The van der Waals surface area contributed by atoms with Crippen molar-refractivity contribution < 1.29 is 14.2 Å². The molecular formula is C67H47N3O3. The van der Waals surface area contributed by atoms with E-state index in [-0.39, 0.29) is 36.4 Å². The first-order chi connectivity index (χ1) is 36.1. The van der Waals surface area contributed by atoms with Gasteiger partial charge in [0, 0.05) is 63.2 Å². The predicted octanol–water partition coefficient (Wildman–Crippen LogP) is 15.5. The molecule has 0 spiro atoms. The van der Waals surface area contributed by atoms with Crippen LogP contribution in [0.1, 0.15) is 57.6 Å². The second kappa shape index (κ2) is 16.4. The summed E-state index contributed by atoms with van der Waals surface area (Å²) in [4.78, 5) is 7.15. The van der Waals surface area contributed by atoms with Gasteiger partial charge in [-0.3, -0.25) is 0 Å². The molecule has 6 aliphatic heterocycles. The van der Waals surface area contributed by atoms with Crippen LogP contribution >= 0.6 is 0 Å². The van der Waals surface area contributed by atoms with Crippen LogP contribution in [0.15, 0.2) is 237 Å². The summed E-state index contributed by atoms with van der Waals surface area (Å²) < 4.78 is 20.4. The molecule has 73 heavy (non-hydrogen) atoms. The molecule has 0 N–H and O–H groups in total. The Morgan fingerprint density at radius 2 is 1.01 bits per heavy atom. The van der Waals surface area contributed by atoms with Crippen molar-refractivity contribution in [3.05, 3.63) is 282 Å². The SMILES string of the molecule is C=C/C=C(\C=C1/CC2c3ccccc3OC2N1c1ccccc1)c1cc(-c2ccc3c(c2)N(c2ccccc2)C2Oc4c#cccc4C32)cc(-c2ccc3c(c2)N(c2ccccc2)C2Oc4ccccc4C32)c1. The van der Waals surface area contributed by atoms with E-state index in [0.717, 1.165) is 91.1 Å². The van der Waals surface area contributed by atoms with Gasteiger partial charge in [0.1, 0.15) is 11.5 Å². The smallest absolute Gasteiger partial charge is 0.188 e. The van der Waals surface area contributed by atoms with Gasteiger partial charge in [0.25, 0.3) is 0 Å². The van der Waals surface area contributed by atoms with Crippen molar-refractivity contribution in [3.63, 3.8) is 0 Å². The number of rotatable bonds is 8. The number of nitrogens with zero attached hydrogens (tertiary/aromatic N) is 3. The van der Waals surface area contributed by atoms with Gasteiger partial charge in [-0.2, -0.15) is 0 Å². The van der Waals surface area contributed by atoms with E-state index in [2.05, 4.69) is 246 Å². The lowest BCUT2D eigenvalue weighted by molar-refractivity contribution is 0.229. The fourth-order valence-electron chi connectivity index (χ4n) is 12.6. The van der Waals surface area contributed by atoms with E-state index in [0.29, 0.717) is 0 Å². The first kappa shape index (κ1) is 41.6. The van der Waals surface area contributed by atoms with Crippen LogP contribution in [0.2, 0.25) is 0 Å². The molecule has 0 aromatic heterocycles. The molecule has 0 saturated carbocycles.